The van der Waals surface area contributed by atoms with E-state index in [1.54, 1.807) is 24.3 Å². The summed E-state index contributed by atoms with van der Waals surface area (Å²) in [4.78, 5) is 12.7. The molecular formula is C19H18ClN2O4S-. The first-order chi connectivity index (χ1) is 12.9. The Kier molecular flexibility index (Phi) is 5.59. The van der Waals surface area contributed by atoms with Gasteiger partial charge in [-0.3, -0.25) is 0 Å². The summed E-state index contributed by atoms with van der Waals surface area (Å²) in [6.45, 7) is 0. The van der Waals surface area contributed by atoms with E-state index in [1.165, 1.54) is 0 Å². The van der Waals surface area contributed by atoms with E-state index >= 15 is 0 Å². The average molecular weight is 406 g/mol. The van der Waals surface area contributed by atoms with Gasteiger partial charge in [-0.05, 0) is 43.4 Å². The lowest BCUT2D eigenvalue weighted by Gasteiger charge is -2.47. The van der Waals surface area contributed by atoms with Gasteiger partial charge in [-0.15, -0.1) is 0 Å². The molecule has 2 N–H and O–H groups in total. The van der Waals surface area contributed by atoms with Crippen LogP contribution >= 0.6 is 23.8 Å². The minimum atomic E-state index is -1.20. The molecule has 2 aliphatic rings. The Bertz CT molecular complexity index is 825. The maximum absolute atomic E-state index is 12.8. The molecule has 2 unspecified atom stereocenters. The van der Waals surface area contributed by atoms with Crippen molar-refractivity contribution in [1.82, 2.24) is 0 Å². The molecule has 0 radical (unpaired) electrons. The zero-order valence-corrected chi connectivity index (χ0v) is 16.0. The van der Waals surface area contributed by atoms with Crippen LogP contribution < -0.4 is 10.8 Å². The number of ether oxygens (including phenoxy) is 2. The molecule has 0 bridgehead atoms. The molecule has 142 valence electrons. The van der Waals surface area contributed by atoms with Crippen LogP contribution in [-0.2, 0) is 14.3 Å². The van der Waals surface area contributed by atoms with Gasteiger partial charge in [0.2, 0.25) is 0 Å². The third-order valence-corrected chi connectivity index (χ3v) is 5.44. The summed E-state index contributed by atoms with van der Waals surface area (Å²) in [6, 6.07) is 8.42. The van der Waals surface area contributed by atoms with Gasteiger partial charge in [0.05, 0.1) is 22.6 Å². The molecular weight excluding hydrogens is 388 g/mol. The van der Waals surface area contributed by atoms with Gasteiger partial charge in [-0.1, -0.05) is 42.4 Å². The Morgan fingerprint density at radius 1 is 1.26 bits per heavy atom. The first kappa shape index (κ1) is 19.5. The van der Waals surface area contributed by atoms with Gasteiger partial charge in [0.15, 0.2) is 5.79 Å². The number of benzene rings is 1. The Hall–Kier alpha value is -2.30. The van der Waals surface area contributed by atoms with Crippen LogP contribution in [0.3, 0.4) is 0 Å². The van der Waals surface area contributed by atoms with E-state index in [1.807, 2.05) is 6.07 Å². The second-order valence-corrected chi connectivity index (χ2v) is 7.61. The van der Waals surface area contributed by atoms with Crippen LogP contribution in [-0.4, -0.2) is 16.7 Å². The highest BCUT2D eigenvalue weighted by atomic mass is 35.5. The van der Waals surface area contributed by atoms with E-state index in [9.17, 15) is 15.2 Å². The molecule has 1 aliphatic heterocycles. The van der Waals surface area contributed by atoms with Crippen LogP contribution in [0.25, 0.3) is 0 Å². The van der Waals surface area contributed by atoms with Crippen molar-refractivity contribution in [2.24, 2.45) is 11.7 Å². The Morgan fingerprint density at radius 3 is 2.41 bits per heavy atom. The molecule has 1 fully saturated rings. The zero-order valence-electron chi connectivity index (χ0n) is 14.4. The van der Waals surface area contributed by atoms with Gasteiger partial charge >= 0.3 is 5.97 Å². The molecule has 27 heavy (non-hydrogen) atoms. The minimum absolute atomic E-state index is 0.122. The molecule has 1 heterocycles. The number of halogens is 1. The summed E-state index contributed by atoms with van der Waals surface area (Å²) in [5.41, 5.74) is 5.95. The summed E-state index contributed by atoms with van der Waals surface area (Å²) >= 11 is 10.9. The molecule has 1 saturated carbocycles. The van der Waals surface area contributed by atoms with Gasteiger partial charge in [-0.2, -0.15) is 5.26 Å². The lowest BCUT2D eigenvalue weighted by atomic mass is 9.80. The molecule has 1 aromatic carbocycles. The van der Waals surface area contributed by atoms with E-state index in [4.69, 9.17) is 39.0 Å². The van der Waals surface area contributed by atoms with Crippen LogP contribution in [0.15, 0.2) is 35.8 Å². The molecule has 1 spiro atoms. The number of hydrogen-bond donors (Lipinski definition) is 1. The van der Waals surface area contributed by atoms with Crippen molar-refractivity contribution >= 4 is 34.8 Å². The highest BCUT2D eigenvalue weighted by molar-refractivity contribution is 7.80. The highest BCUT2D eigenvalue weighted by Crippen LogP contribution is 2.43. The quantitative estimate of drug-likeness (QED) is 0.605. The van der Waals surface area contributed by atoms with E-state index < -0.39 is 29.5 Å². The third kappa shape index (κ3) is 3.87. The van der Waals surface area contributed by atoms with E-state index in [-0.39, 0.29) is 10.6 Å². The largest absolute Gasteiger partial charge is 0.574 e. The summed E-state index contributed by atoms with van der Waals surface area (Å²) in [6.07, 6.45) is 3.56. The summed E-state index contributed by atoms with van der Waals surface area (Å²) in [5, 5.41) is 22.9. The third-order valence-electron chi connectivity index (χ3n) is 4.93. The molecule has 0 saturated heterocycles. The number of nitriles is 1. The maximum Gasteiger partial charge on any atom is 0.337 e. The predicted molar refractivity (Wildman–Crippen MR) is 100 cm³/mol. The van der Waals surface area contributed by atoms with Crippen molar-refractivity contribution < 1.29 is 19.4 Å². The molecule has 1 aromatic rings. The first-order valence-corrected chi connectivity index (χ1v) is 9.43. The lowest BCUT2D eigenvalue weighted by Crippen LogP contribution is -2.47. The lowest BCUT2D eigenvalue weighted by molar-refractivity contribution is -0.402. The second kappa shape index (κ2) is 7.75. The number of thiocarbonyl (C=S) groups is 1. The molecule has 0 amide bonds. The van der Waals surface area contributed by atoms with Crippen molar-refractivity contribution in [3.8, 4) is 6.07 Å². The molecule has 0 aromatic heterocycles. The van der Waals surface area contributed by atoms with Crippen LogP contribution in [0.5, 0.6) is 0 Å². The standard InChI is InChI=1S/C19H19ClN2O4S/c20-12-6-4-11(5-7-12)14(13(10-21)16(22)27)15-17(23)25-19(26-18(15)24)8-2-1-3-9-19/h4-7,13-14,23H,1-3,8-9H2,(H2,22,27)/p-1. The van der Waals surface area contributed by atoms with Crippen LogP contribution in [0, 0.1) is 17.2 Å². The fraction of sp³-hybridized carbons (Fsp3) is 0.421. The number of esters is 1. The van der Waals surface area contributed by atoms with E-state index in [0.717, 1.165) is 19.3 Å². The molecule has 2 atom stereocenters. The van der Waals surface area contributed by atoms with Crippen molar-refractivity contribution in [3.63, 3.8) is 0 Å². The Labute approximate surface area is 167 Å². The van der Waals surface area contributed by atoms with E-state index in [0.29, 0.717) is 23.4 Å². The smallest absolute Gasteiger partial charge is 0.337 e. The average Bonchev–Trinajstić information content (AvgIpc) is 2.61. The number of nitrogens with two attached hydrogens (primary N) is 1. The fourth-order valence-corrected chi connectivity index (χ4v) is 3.91. The number of rotatable bonds is 4. The summed E-state index contributed by atoms with van der Waals surface area (Å²) in [7, 11) is 0. The molecule has 1 aliphatic carbocycles. The molecule has 8 heteroatoms. The molecule has 3 rings (SSSR count). The van der Waals surface area contributed by atoms with Crippen LogP contribution in [0.2, 0.25) is 5.02 Å². The van der Waals surface area contributed by atoms with E-state index in [2.05, 4.69) is 0 Å². The SMILES string of the molecule is N#CC(C(N)=S)C(C1=C([O-])OC2(CCCCC2)OC1=O)c1ccc(Cl)cc1. The maximum atomic E-state index is 12.8. The van der Waals surface area contributed by atoms with Gasteiger partial charge in [0.25, 0.3) is 0 Å². The monoisotopic (exact) mass is 405 g/mol. The minimum Gasteiger partial charge on any atom is -0.574 e. The first-order valence-electron chi connectivity index (χ1n) is 8.65. The highest BCUT2D eigenvalue weighted by Gasteiger charge is 2.43. The topological polar surface area (TPSA) is 108 Å². The summed E-state index contributed by atoms with van der Waals surface area (Å²) < 4.78 is 11.1. The van der Waals surface area contributed by atoms with Crippen LogP contribution in [0.4, 0.5) is 0 Å². The number of hydrogen-bond acceptors (Lipinski definition) is 6. The van der Waals surface area contributed by atoms with Gasteiger partial charge < -0.3 is 20.3 Å². The Morgan fingerprint density at radius 2 is 1.89 bits per heavy atom. The molecule has 6 nitrogen and oxygen atoms in total. The van der Waals surface area contributed by atoms with Crippen molar-refractivity contribution in [2.75, 3.05) is 0 Å². The summed E-state index contributed by atoms with van der Waals surface area (Å²) in [5.74, 6) is -4.84. The number of carbonyl (C=O) groups excluding carboxylic acids is 1. The van der Waals surface area contributed by atoms with Crippen LogP contribution in [0.1, 0.15) is 43.6 Å². The van der Waals surface area contributed by atoms with Gasteiger partial charge in [0.1, 0.15) is 5.92 Å². The van der Waals surface area contributed by atoms with Crippen molar-refractivity contribution in [3.05, 3.63) is 46.4 Å². The normalized spacial score (nSPS) is 21.0. The fourth-order valence-electron chi connectivity index (χ4n) is 3.60. The zero-order chi connectivity index (χ0) is 19.6. The van der Waals surface area contributed by atoms with Crippen molar-refractivity contribution in [2.45, 2.75) is 43.8 Å². The van der Waals surface area contributed by atoms with Gasteiger partial charge in [0, 0.05) is 10.9 Å². The second-order valence-electron chi connectivity index (χ2n) is 6.70. The number of nitrogens with zero attached hydrogens (tertiary/aromatic N) is 1. The van der Waals surface area contributed by atoms with Gasteiger partial charge in [-0.25, -0.2) is 4.79 Å². The Balaban J connectivity index is 2.07. The predicted octanol–water partition coefficient (Wildman–Crippen LogP) is 2.66. The number of carbonyl (C=O) groups is 1. The van der Waals surface area contributed by atoms with Crippen molar-refractivity contribution in [1.29, 1.82) is 5.26 Å².